The van der Waals surface area contributed by atoms with Gasteiger partial charge >= 0.3 is 12.1 Å². The summed E-state index contributed by atoms with van der Waals surface area (Å²) in [5.74, 6) is -1.31. The molecule has 0 fully saturated rings. The van der Waals surface area contributed by atoms with Crippen LogP contribution in [0, 0.1) is 6.92 Å². The van der Waals surface area contributed by atoms with Gasteiger partial charge in [0.05, 0.1) is 16.2 Å². The molecule has 0 spiro atoms. The molecular formula is C25H27F3O5S. The van der Waals surface area contributed by atoms with Crippen LogP contribution < -0.4 is 0 Å². The molecule has 1 atom stereocenters. The molecule has 1 aliphatic heterocycles. The van der Waals surface area contributed by atoms with Crippen LogP contribution in [0.5, 0.6) is 0 Å². The standard InChI is InChI=1S/C25H27F3O5S/c1-4-16-12-15(3)13-17(5-2)22(16)23-21(29)14-19(33-24(23)30)10-11-34(31,32)20-8-6-18(7-9-20)25(26,27)28/h6-9,12-13,19,29H,4-5,10-11,14H2,1-3H3. The average Bonchev–Trinajstić information content (AvgIpc) is 2.77. The molecule has 0 aromatic heterocycles. The molecule has 3 rings (SSSR count). The summed E-state index contributed by atoms with van der Waals surface area (Å²) in [6.07, 6.45) is -4.25. The Kier molecular flexibility index (Phi) is 7.45. The van der Waals surface area contributed by atoms with Crippen molar-refractivity contribution in [3.63, 3.8) is 0 Å². The number of esters is 1. The summed E-state index contributed by atoms with van der Waals surface area (Å²) in [4.78, 5) is 12.6. The number of aliphatic hydroxyl groups is 1. The predicted molar refractivity (Wildman–Crippen MR) is 122 cm³/mol. The van der Waals surface area contributed by atoms with Crippen LogP contribution in [0.2, 0.25) is 0 Å². The molecular weight excluding hydrogens is 469 g/mol. The van der Waals surface area contributed by atoms with Crippen LogP contribution in [-0.2, 0) is 38.4 Å². The highest BCUT2D eigenvalue weighted by Crippen LogP contribution is 2.35. The first-order valence-electron chi connectivity index (χ1n) is 11.0. The molecule has 1 aliphatic rings. The summed E-state index contributed by atoms with van der Waals surface area (Å²) in [5.41, 5.74) is 2.71. The number of benzene rings is 2. The first kappa shape index (κ1) is 25.8. The number of hydrogen-bond donors (Lipinski definition) is 1. The molecule has 5 nitrogen and oxygen atoms in total. The van der Waals surface area contributed by atoms with Gasteiger partial charge in [-0.05, 0) is 67.1 Å². The zero-order valence-corrected chi connectivity index (χ0v) is 20.0. The summed E-state index contributed by atoms with van der Waals surface area (Å²) in [7, 11) is -3.91. The summed E-state index contributed by atoms with van der Waals surface area (Å²) in [6, 6.07) is 7.18. The molecule has 0 bridgehead atoms. The lowest BCUT2D eigenvalue weighted by molar-refractivity contribution is -0.143. The molecule has 0 radical (unpaired) electrons. The fourth-order valence-electron chi connectivity index (χ4n) is 4.17. The fraction of sp³-hybridized carbons (Fsp3) is 0.400. The van der Waals surface area contributed by atoms with Crippen molar-refractivity contribution in [1.82, 2.24) is 0 Å². The van der Waals surface area contributed by atoms with Crippen LogP contribution in [0.4, 0.5) is 13.2 Å². The molecule has 0 amide bonds. The Balaban J connectivity index is 1.79. The molecule has 9 heteroatoms. The van der Waals surface area contributed by atoms with Gasteiger partial charge in [0.1, 0.15) is 17.4 Å². The number of carbonyl (C=O) groups excluding carboxylic acids is 1. The number of cyclic esters (lactones) is 1. The van der Waals surface area contributed by atoms with Gasteiger partial charge < -0.3 is 9.84 Å². The molecule has 0 aliphatic carbocycles. The van der Waals surface area contributed by atoms with Crippen molar-refractivity contribution in [3.8, 4) is 0 Å². The Morgan fingerprint density at radius 2 is 1.62 bits per heavy atom. The molecule has 1 heterocycles. The van der Waals surface area contributed by atoms with Crippen molar-refractivity contribution in [2.45, 2.75) is 63.6 Å². The van der Waals surface area contributed by atoms with Crippen LogP contribution in [0.25, 0.3) is 5.57 Å². The first-order valence-corrected chi connectivity index (χ1v) is 12.7. The van der Waals surface area contributed by atoms with E-state index >= 15 is 0 Å². The van der Waals surface area contributed by atoms with Gasteiger partial charge in [-0.2, -0.15) is 13.2 Å². The quantitative estimate of drug-likeness (QED) is 0.506. The van der Waals surface area contributed by atoms with Crippen molar-refractivity contribution in [2.75, 3.05) is 5.75 Å². The van der Waals surface area contributed by atoms with Crippen LogP contribution in [0.15, 0.2) is 47.1 Å². The Hall–Kier alpha value is -2.81. The van der Waals surface area contributed by atoms with E-state index in [2.05, 4.69) is 0 Å². The maximum atomic E-state index is 12.9. The van der Waals surface area contributed by atoms with Gasteiger partial charge in [0, 0.05) is 6.42 Å². The van der Waals surface area contributed by atoms with Gasteiger partial charge in [-0.3, -0.25) is 0 Å². The number of halogens is 3. The lowest BCUT2D eigenvalue weighted by atomic mass is 9.87. The van der Waals surface area contributed by atoms with Crippen molar-refractivity contribution >= 4 is 21.4 Å². The van der Waals surface area contributed by atoms with E-state index in [-0.39, 0.29) is 29.1 Å². The maximum Gasteiger partial charge on any atom is 0.416 e. The third-order valence-electron chi connectivity index (χ3n) is 5.89. The molecule has 0 saturated heterocycles. The van der Waals surface area contributed by atoms with Gasteiger partial charge in [-0.1, -0.05) is 31.5 Å². The number of hydrogen-bond acceptors (Lipinski definition) is 5. The van der Waals surface area contributed by atoms with E-state index in [1.54, 1.807) is 0 Å². The van der Waals surface area contributed by atoms with Crippen molar-refractivity contribution in [2.24, 2.45) is 0 Å². The molecule has 2 aromatic rings. The maximum absolute atomic E-state index is 12.9. The average molecular weight is 497 g/mol. The van der Waals surface area contributed by atoms with Crippen LogP contribution >= 0.6 is 0 Å². The summed E-state index contributed by atoms with van der Waals surface area (Å²) in [6.45, 7) is 5.87. The summed E-state index contributed by atoms with van der Waals surface area (Å²) in [5, 5.41) is 10.7. The number of alkyl halides is 3. The van der Waals surface area contributed by atoms with Gasteiger partial charge in [-0.15, -0.1) is 0 Å². The minimum absolute atomic E-state index is 0.0379. The molecule has 1 N–H and O–H groups in total. The topological polar surface area (TPSA) is 80.7 Å². The van der Waals surface area contributed by atoms with E-state index in [0.29, 0.717) is 30.5 Å². The monoisotopic (exact) mass is 496 g/mol. The van der Waals surface area contributed by atoms with E-state index in [9.17, 15) is 31.5 Å². The van der Waals surface area contributed by atoms with Gasteiger partial charge in [0.25, 0.3) is 0 Å². The second-order valence-corrected chi connectivity index (χ2v) is 10.5. The number of ether oxygens (including phenoxy) is 1. The smallest absolute Gasteiger partial charge is 0.416 e. The summed E-state index contributed by atoms with van der Waals surface area (Å²) >= 11 is 0. The minimum Gasteiger partial charge on any atom is -0.511 e. The van der Waals surface area contributed by atoms with E-state index < -0.39 is 39.4 Å². The SMILES string of the molecule is CCc1cc(C)cc(CC)c1C1=C(O)CC(CCS(=O)(=O)c2ccc(C(F)(F)F)cc2)OC1=O. The van der Waals surface area contributed by atoms with Crippen LogP contribution in [-0.4, -0.2) is 31.4 Å². The van der Waals surface area contributed by atoms with Gasteiger partial charge in [0.2, 0.25) is 0 Å². The Morgan fingerprint density at radius 3 is 2.09 bits per heavy atom. The molecule has 184 valence electrons. The lowest BCUT2D eigenvalue weighted by Gasteiger charge is -2.27. The van der Waals surface area contributed by atoms with Crippen LogP contribution in [0.1, 0.15) is 54.5 Å². The Bertz CT molecular complexity index is 1190. The van der Waals surface area contributed by atoms with Crippen LogP contribution in [0.3, 0.4) is 0 Å². The second-order valence-electron chi connectivity index (χ2n) is 8.35. The molecule has 1 unspecified atom stereocenters. The Labute approximate surface area is 197 Å². The highest BCUT2D eigenvalue weighted by Gasteiger charge is 2.34. The normalized spacial score (nSPS) is 17.1. The third kappa shape index (κ3) is 5.46. The zero-order chi connectivity index (χ0) is 25.3. The molecule has 34 heavy (non-hydrogen) atoms. The van der Waals surface area contributed by atoms with Gasteiger partial charge in [0.15, 0.2) is 9.84 Å². The van der Waals surface area contributed by atoms with Gasteiger partial charge in [-0.25, -0.2) is 13.2 Å². The highest BCUT2D eigenvalue weighted by molar-refractivity contribution is 7.91. The van der Waals surface area contributed by atoms with E-state index in [4.69, 9.17) is 4.74 Å². The van der Waals surface area contributed by atoms with E-state index in [1.165, 1.54) is 0 Å². The van der Waals surface area contributed by atoms with Crippen molar-refractivity contribution in [3.05, 3.63) is 70.0 Å². The molecule has 2 aromatic carbocycles. The first-order chi connectivity index (χ1) is 15.9. The number of rotatable bonds is 7. The van der Waals surface area contributed by atoms with E-state index in [0.717, 1.165) is 28.8 Å². The predicted octanol–water partition coefficient (Wildman–Crippen LogP) is 5.59. The molecule has 0 saturated carbocycles. The fourth-order valence-corrected chi connectivity index (χ4v) is 5.53. The van der Waals surface area contributed by atoms with Crippen molar-refractivity contribution < 1.29 is 36.2 Å². The largest absolute Gasteiger partial charge is 0.511 e. The zero-order valence-electron chi connectivity index (χ0n) is 19.2. The number of carbonyl (C=O) groups is 1. The number of aryl methyl sites for hydroxylation is 3. The second kappa shape index (κ2) is 9.82. The minimum atomic E-state index is -4.56. The summed E-state index contributed by atoms with van der Waals surface area (Å²) < 4.78 is 68.8. The highest BCUT2D eigenvalue weighted by atomic mass is 32.2. The lowest BCUT2D eigenvalue weighted by Crippen LogP contribution is -2.29. The Morgan fingerprint density at radius 1 is 1.06 bits per heavy atom. The third-order valence-corrected chi connectivity index (χ3v) is 7.66. The number of aliphatic hydroxyl groups excluding tert-OH is 1. The number of sulfone groups is 1. The van der Waals surface area contributed by atoms with Crippen molar-refractivity contribution in [1.29, 1.82) is 0 Å². The van der Waals surface area contributed by atoms with E-state index in [1.807, 2.05) is 32.9 Å².